The SMILES string of the molecule is CCN(CC)CCN(C)N[C@H](C)Cc1ccccc1. The van der Waals surface area contributed by atoms with Crippen molar-refractivity contribution in [2.75, 3.05) is 33.2 Å². The van der Waals surface area contributed by atoms with E-state index in [0.717, 1.165) is 32.6 Å². The van der Waals surface area contributed by atoms with Gasteiger partial charge in [0.15, 0.2) is 0 Å². The van der Waals surface area contributed by atoms with Gasteiger partial charge in [-0.15, -0.1) is 0 Å². The fourth-order valence-corrected chi connectivity index (χ4v) is 2.29. The summed E-state index contributed by atoms with van der Waals surface area (Å²) in [6, 6.07) is 11.1. The Hall–Kier alpha value is -0.900. The van der Waals surface area contributed by atoms with Crippen molar-refractivity contribution in [3.8, 4) is 0 Å². The number of rotatable bonds is 9. The Bertz CT molecular complexity index is 322. The van der Waals surface area contributed by atoms with E-state index in [1.807, 2.05) is 0 Å². The van der Waals surface area contributed by atoms with E-state index in [2.05, 4.69) is 73.5 Å². The average molecular weight is 263 g/mol. The molecule has 0 bridgehead atoms. The molecule has 1 atom stereocenters. The summed E-state index contributed by atoms with van der Waals surface area (Å²) in [5, 5.41) is 2.21. The molecule has 1 rings (SSSR count). The van der Waals surface area contributed by atoms with Gasteiger partial charge in [0, 0.05) is 26.2 Å². The van der Waals surface area contributed by atoms with E-state index in [1.165, 1.54) is 5.56 Å². The molecule has 0 spiro atoms. The molecule has 0 aliphatic carbocycles. The lowest BCUT2D eigenvalue weighted by atomic mass is 10.1. The Morgan fingerprint density at radius 3 is 2.26 bits per heavy atom. The first-order valence-electron chi connectivity index (χ1n) is 7.39. The van der Waals surface area contributed by atoms with E-state index in [-0.39, 0.29) is 0 Å². The standard InChI is InChI=1S/C16H29N3/c1-5-19(6-2)13-12-18(4)17-15(3)14-16-10-8-7-9-11-16/h7-11,15,17H,5-6,12-14H2,1-4H3/t15-/m1/s1. The van der Waals surface area contributed by atoms with Crippen molar-refractivity contribution in [2.45, 2.75) is 33.2 Å². The first kappa shape index (κ1) is 16.2. The topological polar surface area (TPSA) is 18.5 Å². The van der Waals surface area contributed by atoms with E-state index in [1.54, 1.807) is 0 Å². The number of hydrogen-bond donors (Lipinski definition) is 1. The quantitative estimate of drug-likeness (QED) is 0.690. The molecular weight excluding hydrogens is 234 g/mol. The Morgan fingerprint density at radius 2 is 1.68 bits per heavy atom. The molecule has 0 saturated heterocycles. The van der Waals surface area contributed by atoms with Crippen LogP contribution in [0.2, 0.25) is 0 Å². The third kappa shape index (κ3) is 6.71. The Balaban J connectivity index is 2.26. The monoisotopic (exact) mass is 263 g/mol. The fraction of sp³-hybridized carbons (Fsp3) is 0.625. The third-order valence-electron chi connectivity index (χ3n) is 3.47. The molecule has 0 heterocycles. The number of nitrogens with zero attached hydrogens (tertiary/aromatic N) is 2. The van der Waals surface area contributed by atoms with Crippen molar-refractivity contribution in [1.82, 2.24) is 15.3 Å². The van der Waals surface area contributed by atoms with Crippen molar-refractivity contribution in [3.63, 3.8) is 0 Å². The van der Waals surface area contributed by atoms with Crippen LogP contribution in [0.15, 0.2) is 30.3 Å². The zero-order valence-electron chi connectivity index (χ0n) is 12.9. The summed E-state index contributed by atoms with van der Waals surface area (Å²) in [4.78, 5) is 2.44. The summed E-state index contributed by atoms with van der Waals surface area (Å²) in [7, 11) is 2.13. The minimum atomic E-state index is 0.462. The minimum Gasteiger partial charge on any atom is -0.303 e. The van der Waals surface area contributed by atoms with Gasteiger partial charge in [-0.3, -0.25) is 5.43 Å². The summed E-state index contributed by atoms with van der Waals surface area (Å²) in [5.74, 6) is 0. The zero-order chi connectivity index (χ0) is 14.1. The van der Waals surface area contributed by atoms with Crippen LogP contribution in [-0.2, 0) is 6.42 Å². The van der Waals surface area contributed by atoms with Gasteiger partial charge in [-0.25, -0.2) is 5.01 Å². The number of likely N-dealkylation sites (N-methyl/N-ethyl adjacent to an activating group) is 2. The summed E-state index contributed by atoms with van der Waals surface area (Å²) in [5.41, 5.74) is 4.93. The smallest absolute Gasteiger partial charge is 0.0255 e. The molecule has 0 aliphatic rings. The molecule has 0 saturated carbocycles. The molecule has 0 fully saturated rings. The van der Waals surface area contributed by atoms with Crippen LogP contribution < -0.4 is 5.43 Å². The van der Waals surface area contributed by atoms with Crippen LogP contribution in [0.4, 0.5) is 0 Å². The highest BCUT2D eigenvalue weighted by molar-refractivity contribution is 5.15. The van der Waals surface area contributed by atoms with Gasteiger partial charge in [0.05, 0.1) is 0 Å². The van der Waals surface area contributed by atoms with Gasteiger partial charge in [-0.2, -0.15) is 0 Å². The predicted molar refractivity (Wildman–Crippen MR) is 83.2 cm³/mol. The van der Waals surface area contributed by atoms with E-state index in [0.29, 0.717) is 6.04 Å². The maximum Gasteiger partial charge on any atom is 0.0255 e. The van der Waals surface area contributed by atoms with Gasteiger partial charge >= 0.3 is 0 Å². The van der Waals surface area contributed by atoms with Gasteiger partial charge in [0.2, 0.25) is 0 Å². The van der Waals surface area contributed by atoms with Crippen molar-refractivity contribution in [1.29, 1.82) is 0 Å². The van der Waals surface area contributed by atoms with Crippen LogP contribution in [0.5, 0.6) is 0 Å². The molecule has 3 heteroatoms. The van der Waals surface area contributed by atoms with Crippen LogP contribution >= 0.6 is 0 Å². The summed E-state index contributed by atoms with van der Waals surface area (Å²) in [6.07, 6.45) is 1.07. The first-order valence-corrected chi connectivity index (χ1v) is 7.39. The van der Waals surface area contributed by atoms with E-state index >= 15 is 0 Å². The molecular formula is C16H29N3. The molecule has 1 aromatic rings. The van der Waals surface area contributed by atoms with Gasteiger partial charge in [-0.05, 0) is 32.0 Å². The Kier molecular flexibility index (Phi) is 7.72. The lowest BCUT2D eigenvalue weighted by Gasteiger charge is -2.26. The Morgan fingerprint density at radius 1 is 1.05 bits per heavy atom. The molecule has 1 aromatic carbocycles. The molecule has 1 N–H and O–H groups in total. The fourth-order valence-electron chi connectivity index (χ4n) is 2.29. The summed E-state index contributed by atoms with van der Waals surface area (Å²) < 4.78 is 0. The number of benzene rings is 1. The second-order valence-electron chi connectivity index (χ2n) is 5.17. The highest BCUT2D eigenvalue weighted by Gasteiger charge is 2.07. The van der Waals surface area contributed by atoms with Crippen LogP contribution in [0, 0.1) is 0 Å². The van der Waals surface area contributed by atoms with E-state index in [4.69, 9.17) is 0 Å². The van der Waals surface area contributed by atoms with Crippen molar-refractivity contribution in [2.24, 2.45) is 0 Å². The Labute approximate surface area is 118 Å². The number of nitrogens with one attached hydrogen (secondary N) is 1. The highest BCUT2D eigenvalue weighted by atomic mass is 15.5. The van der Waals surface area contributed by atoms with Crippen LogP contribution in [0.25, 0.3) is 0 Å². The molecule has 108 valence electrons. The molecule has 0 aromatic heterocycles. The van der Waals surface area contributed by atoms with Crippen molar-refractivity contribution >= 4 is 0 Å². The second-order valence-corrected chi connectivity index (χ2v) is 5.17. The van der Waals surface area contributed by atoms with Crippen molar-refractivity contribution in [3.05, 3.63) is 35.9 Å². The number of hydrazine groups is 1. The predicted octanol–water partition coefficient (Wildman–Crippen LogP) is 2.40. The van der Waals surface area contributed by atoms with Crippen molar-refractivity contribution < 1.29 is 0 Å². The first-order chi connectivity index (χ1) is 9.15. The lowest BCUT2D eigenvalue weighted by Crippen LogP contribution is -2.45. The molecule has 3 nitrogen and oxygen atoms in total. The van der Waals surface area contributed by atoms with Gasteiger partial charge in [-0.1, -0.05) is 44.2 Å². The van der Waals surface area contributed by atoms with Gasteiger partial charge < -0.3 is 4.90 Å². The average Bonchev–Trinajstić information content (AvgIpc) is 2.40. The van der Waals surface area contributed by atoms with Gasteiger partial charge in [0.25, 0.3) is 0 Å². The van der Waals surface area contributed by atoms with Crippen LogP contribution in [0.3, 0.4) is 0 Å². The highest BCUT2D eigenvalue weighted by Crippen LogP contribution is 2.02. The normalized spacial score (nSPS) is 13.2. The maximum atomic E-state index is 3.54. The molecule has 0 amide bonds. The molecule has 0 unspecified atom stereocenters. The summed E-state index contributed by atoms with van der Waals surface area (Å²) in [6.45, 7) is 11.1. The summed E-state index contributed by atoms with van der Waals surface area (Å²) >= 11 is 0. The molecule has 0 radical (unpaired) electrons. The number of hydrogen-bond acceptors (Lipinski definition) is 3. The second kappa shape index (κ2) is 9.08. The largest absolute Gasteiger partial charge is 0.303 e. The van der Waals surface area contributed by atoms with Gasteiger partial charge in [0.1, 0.15) is 0 Å². The maximum absolute atomic E-state index is 3.54. The zero-order valence-corrected chi connectivity index (χ0v) is 12.9. The van der Waals surface area contributed by atoms with Crippen LogP contribution in [-0.4, -0.2) is 49.2 Å². The molecule has 19 heavy (non-hydrogen) atoms. The minimum absolute atomic E-state index is 0.462. The third-order valence-corrected chi connectivity index (χ3v) is 3.47. The lowest BCUT2D eigenvalue weighted by molar-refractivity contribution is 0.170. The van der Waals surface area contributed by atoms with E-state index in [9.17, 15) is 0 Å². The van der Waals surface area contributed by atoms with Crippen LogP contribution in [0.1, 0.15) is 26.3 Å². The van der Waals surface area contributed by atoms with E-state index < -0.39 is 0 Å². The molecule has 0 aliphatic heterocycles.